The van der Waals surface area contributed by atoms with E-state index in [1.807, 2.05) is 13.0 Å². The Labute approximate surface area is 344 Å². The van der Waals surface area contributed by atoms with Crippen molar-refractivity contribution in [3.8, 4) is 11.5 Å². The first kappa shape index (κ1) is 41.9. The molecule has 0 saturated heterocycles. The highest BCUT2D eigenvalue weighted by atomic mass is 19.4. The van der Waals surface area contributed by atoms with Crippen LogP contribution >= 0.6 is 0 Å². The molecule has 14 heteroatoms. The molecular weight excluding hydrogens is 791 g/mol. The van der Waals surface area contributed by atoms with Crippen LogP contribution in [0.15, 0.2) is 96.6 Å². The van der Waals surface area contributed by atoms with E-state index in [0.29, 0.717) is 61.1 Å². The van der Waals surface area contributed by atoms with E-state index in [4.69, 9.17) is 4.74 Å². The zero-order valence-electron chi connectivity index (χ0n) is 33.5. The minimum absolute atomic E-state index is 0.0897. The zero-order chi connectivity index (χ0) is 43.1. The Hall–Kier alpha value is -4.82. The van der Waals surface area contributed by atoms with Crippen molar-refractivity contribution in [2.75, 3.05) is 19.0 Å². The lowest BCUT2D eigenvalue weighted by Gasteiger charge is -2.71. The summed E-state index contributed by atoms with van der Waals surface area (Å²) in [5, 5.41) is 27.0. The number of nitrogens with zero attached hydrogens (tertiary/aromatic N) is 1. The summed E-state index contributed by atoms with van der Waals surface area (Å²) in [7, 11) is 1.51. The number of anilines is 1. The number of aliphatic hydroxyl groups is 2. The fourth-order valence-corrected chi connectivity index (χ4v) is 12.0. The van der Waals surface area contributed by atoms with Gasteiger partial charge in [-0.3, -0.25) is 4.79 Å². The molecule has 2 amide bonds. The lowest BCUT2D eigenvalue weighted by atomic mass is 9.32. The van der Waals surface area contributed by atoms with Crippen molar-refractivity contribution in [2.24, 2.45) is 33.5 Å². The summed E-state index contributed by atoms with van der Waals surface area (Å²) in [4.78, 5) is 30.5. The van der Waals surface area contributed by atoms with Gasteiger partial charge in [-0.25, -0.2) is 4.79 Å². The van der Waals surface area contributed by atoms with Crippen LogP contribution < -0.4 is 14.8 Å². The molecule has 0 heterocycles. The van der Waals surface area contributed by atoms with Crippen LogP contribution in [0.4, 0.5) is 36.8 Å². The maximum absolute atomic E-state index is 14.9. The maximum Gasteiger partial charge on any atom is 0.573 e. The number of nitrogens with one attached hydrogen (secondary N) is 1. The van der Waals surface area contributed by atoms with E-state index in [0.717, 1.165) is 24.3 Å². The van der Waals surface area contributed by atoms with Crippen molar-refractivity contribution < 1.29 is 55.6 Å². The van der Waals surface area contributed by atoms with Gasteiger partial charge in [0.05, 0.1) is 30.9 Å². The number of benzene rings is 3. The molecule has 2 spiro atoms. The fraction of sp³-hybridized carbons (Fsp3) is 0.478. The van der Waals surface area contributed by atoms with Gasteiger partial charge in [0.15, 0.2) is 5.78 Å². The fourth-order valence-electron chi connectivity index (χ4n) is 12.0. The third kappa shape index (κ3) is 6.78. The average Bonchev–Trinajstić information content (AvgIpc) is 3.47. The molecule has 8 nitrogen and oxygen atoms in total. The standard InChI is InChI=1S/C46H48F6N2O6/c1-40-18-15-32(55)24-42(40)21-22-44(35(25-42)38(56)29-5-4-6-30(23-29)45(47,48)49)36(40)16-19-41(2)37(44)17-20-43(41,58)27-54(39(57)53-31-9-13-33(59-3)14-10-31)26-28-7-11-34(12-8-28)60-46(50,51)52/h4-14,21-23,25,32,36-37,55,58H,15-20,24,26-27H2,1-3H3,(H,53,57)/t32?,36-,37-,40-,41+,42+,43-,44-/m1/s1. The first-order valence-corrected chi connectivity index (χ1v) is 20.3. The van der Waals surface area contributed by atoms with Gasteiger partial charge in [-0.1, -0.05) is 56.3 Å². The number of methoxy groups -OCH3 is 1. The monoisotopic (exact) mass is 838 g/mol. The Morgan fingerprint density at radius 1 is 0.850 bits per heavy atom. The van der Waals surface area contributed by atoms with E-state index >= 15 is 0 Å². The molecule has 6 aliphatic rings. The summed E-state index contributed by atoms with van der Waals surface area (Å²) in [6.45, 7) is 3.90. The molecule has 3 aromatic rings. The summed E-state index contributed by atoms with van der Waals surface area (Å²) < 4.78 is 90.0. The highest BCUT2D eigenvalue weighted by molar-refractivity contribution is 6.10. The molecule has 0 radical (unpaired) electrons. The number of ketones is 1. The van der Waals surface area contributed by atoms with Gasteiger partial charge < -0.3 is 29.9 Å². The number of carbonyl (C=O) groups excluding carboxylic acids is 2. The average molecular weight is 839 g/mol. The molecule has 3 saturated carbocycles. The summed E-state index contributed by atoms with van der Waals surface area (Å²) >= 11 is 0. The van der Waals surface area contributed by atoms with Crippen LogP contribution in [0.3, 0.4) is 0 Å². The molecule has 1 unspecified atom stereocenters. The second kappa shape index (κ2) is 14.4. The first-order chi connectivity index (χ1) is 28.2. The van der Waals surface area contributed by atoms with Gasteiger partial charge in [0.2, 0.25) is 0 Å². The number of allylic oxidation sites excluding steroid dienone is 4. The molecule has 320 valence electrons. The lowest BCUT2D eigenvalue weighted by Crippen LogP contribution is -2.67. The Kier molecular flexibility index (Phi) is 10.0. The molecule has 60 heavy (non-hydrogen) atoms. The normalized spacial score (nSPS) is 32.9. The molecule has 0 aliphatic heterocycles. The van der Waals surface area contributed by atoms with Crippen molar-refractivity contribution in [1.82, 2.24) is 4.90 Å². The maximum atomic E-state index is 14.9. The number of alkyl halides is 6. The van der Waals surface area contributed by atoms with E-state index in [2.05, 4.69) is 29.1 Å². The molecule has 6 aliphatic carbocycles. The third-order valence-electron chi connectivity index (χ3n) is 15.0. The van der Waals surface area contributed by atoms with Crippen molar-refractivity contribution in [3.63, 3.8) is 0 Å². The SMILES string of the molecule is COc1ccc(NC(=O)N(Cc2ccc(OC(F)(F)F)cc2)C[C@]2(O)CC[C@H]3[C@]45C=C[C@@]6(C=C4C(=O)c4cccc(C(F)(F)F)c4)CC(O)CC[C@]6(C)[C@H]5CC[C@@]32C)cc1. The third-order valence-corrected chi connectivity index (χ3v) is 15.0. The predicted molar refractivity (Wildman–Crippen MR) is 210 cm³/mol. The van der Waals surface area contributed by atoms with E-state index in [1.54, 1.807) is 24.3 Å². The van der Waals surface area contributed by atoms with Crippen molar-refractivity contribution in [2.45, 2.75) is 89.6 Å². The zero-order valence-corrected chi connectivity index (χ0v) is 33.5. The van der Waals surface area contributed by atoms with E-state index < -0.39 is 69.0 Å². The molecule has 3 N–H and O–H groups in total. The van der Waals surface area contributed by atoms with Gasteiger partial charge in [-0.2, -0.15) is 13.2 Å². The number of Topliss-reactive ketones (excluding diaryl/α,β-unsaturated/α-hetero) is 1. The quantitative estimate of drug-likeness (QED) is 0.113. The second-order valence-electron chi connectivity index (χ2n) is 17.9. The van der Waals surface area contributed by atoms with Gasteiger partial charge in [0.1, 0.15) is 11.5 Å². The summed E-state index contributed by atoms with van der Waals surface area (Å²) in [6.07, 6.45) is -0.731. The minimum Gasteiger partial charge on any atom is -0.497 e. The summed E-state index contributed by atoms with van der Waals surface area (Å²) in [5.41, 5.74) is -4.27. The Bertz CT molecular complexity index is 2220. The Morgan fingerprint density at radius 2 is 1.50 bits per heavy atom. The molecule has 3 fully saturated rings. The van der Waals surface area contributed by atoms with Crippen molar-refractivity contribution in [1.29, 1.82) is 0 Å². The van der Waals surface area contributed by atoms with Crippen LogP contribution in [-0.4, -0.2) is 58.6 Å². The number of rotatable bonds is 9. The van der Waals surface area contributed by atoms with Gasteiger partial charge in [0.25, 0.3) is 0 Å². The number of urea groups is 1. The number of hydrogen-bond acceptors (Lipinski definition) is 6. The Balaban J connectivity index is 1.17. The number of fused-ring (bicyclic) bond motifs is 1. The van der Waals surface area contributed by atoms with Gasteiger partial charge in [-0.15, -0.1) is 13.2 Å². The summed E-state index contributed by atoms with van der Waals surface area (Å²) in [5.74, 6) is -0.892. The van der Waals surface area contributed by atoms with Crippen LogP contribution in [-0.2, 0) is 12.7 Å². The molecule has 3 aromatic carbocycles. The molecule has 8 atom stereocenters. The Morgan fingerprint density at radius 3 is 2.17 bits per heavy atom. The smallest absolute Gasteiger partial charge is 0.497 e. The van der Waals surface area contributed by atoms with Gasteiger partial charge in [-0.05, 0) is 116 Å². The molecular formula is C46H48F6N2O6. The van der Waals surface area contributed by atoms with Crippen molar-refractivity contribution >= 4 is 17.5 Å². The highest BCUT2D eigenvalue weighted by Gasteiger charge is 2.74. The van der Waals surface area contributed by atoms with Gasteiger partial charge in [0, 0.05) is 39.6 Å². The van der Waals surface area contributed by atoms with E-state index in [1.165, 1.54) is 36.3 Å². The number of hydrogen-bond donors (Lipinski definition) is 3. The number of carbonyl (C=O) groups is 2. The second-order valence-corrected chi connectivity index (χ2v) is 17.9. The predicted octanol–water partition coefficient (Wildman–Crippen LogP) is 10.1. The molecule has 2 bridgehead atoms. The molecule has 9 rings (SSSR count). The van der Waals surface area contributed by atoms with E-state index in [-0.39, 0.29) is 36.9 Å². The minimum atomic E-state index is -4.89. The largest absolute Gasteiger partial charge is 0.573 e. The van der Waals surface area contributed by atoms with Gasteiger partial charge >= 0.3 is 18.6 Å². The van der Waals surface area contributed by atoms with Crippen LogP contribution in [0.25, 0.3) is 0 Å². The topological polar surface area (TPSA) is 108 Å². The first-order valence-electron chi connectivity index (χ1n) is 20.3. The van der Waals surface area contributed by atoms with Crippen LogP contribution in [0.5, 0.6) is 11.5 Å². The summed E-state index contributed by atoms with van der Waals surface area (Å²) in [6, 6.07) is 15.7. The number of aliphatic hydroxyl groups excluding tert-OH is 1. The molecule has 0 aromatic heterocycles. The lowest BCUT2D eigenvalue weighted by molar-refractivity contribution is -0.274. The van der Waals surface area contributed by atoms with Crippen LogP contribution in [0.1, 0.15) is 80.3 Å². The number of halogens is 6. The van der Waals surface area contributed by atoms with Crippen LogP contribution in [0.2, 0.25) is 0 Å². The van der Waals surface area contributed by atoms with Crippen LogP contribution in [0, 0.1) is 33.5 Å². The van der Waals surface area contributed by atoms with E-state index in [9.17, 15) is 46.1 Å². The highest BCUT2D eigenvalue weighted by Crippen LogP contribution is 2.78. The number of ether oxygens (including phenoxy) is 2. The van der Waals surface area contributed by atoms with Crippen molar-refractivity contribution in [3.05, 3.63) is 113 Å². The number of amides is 2.